The Balaban J connectivity index is 2.37. The molecule has 0 aromatic carbocycles. The molecule has 1 rings (SSSR count). The van der Waals surface area contributed by atoms with Gasteiger partial charge in [0.2, 0.25) is 0 Å². The van der Waals surface area contributed by atoms with E-state index in [0.29, 0.717) is 5.15 Å². The number of rotatable bonds is 4. The second kappa shape index (κ2) is 5.42. The van der Waals surface area contributed by atoms with Gasteiger partial charge in [0.1, 0.15) is 10.2 Å². The first-order valence-electron chi connectivity index (χ1n) is 3.93. The van der Waals surface area contributed by atoms with Crippen molar-refractivity contribution in [2.24, 2.45) is 0 Å². The van der Waals surface area contributed by atoms with Crippen LogP contribution >= 0.6 is 23.4 Å². The highest BCUT2D eigenvalue weighted by atomic mass is 35.5. The molecular formula is C8H12ClN3S. The first kappa shape index (κ1) is 10.8. The van der Waals surface area contributed by atoms with Crippen molar-refractivity contribution in [3.63, 3.8) is 0 Å². The molecule has 3 nitrogen and oxygen atoms in total. The standard InChI is InChI=1S/C8H12ClN3S/c1-12(2)3-4-13-8-6-10-5-7(9)11-8/h5-6H,3-4H2,1-2H3. The van der Waals surface area contributed by atoms with Gasteiger partial charge >= 0.3 is 0 Å². The molecule has 0 fully saturated rings. The molecule has 0 spiro atoms. The van der Waals surface area contributed by atoms with Gasteiger partial charge in [-0.05, 0) is 14.1 Å². The van der Waals surface area contributed by atoms with Gasteiger partial charge in [-0.1, -0.05) is 11.6 Å². The van der Waals surface area contributed by atoms with Gasteiger partial charge in [0.15, 0.2) is 0 Å². The minimum atomic E-state index is 0.454. The van der Waals surface area contributed by atoms with E-state index in [-0.39, 0.29) is 0 Å². The molecule has 1 heterocycles. The predicted octanol–water partition coefficient (Wildman–Crippen LogP) is 1.78. The summed E-state index contributed by atoms with van der Waals surface area (Å²) < 4.78 is 0. The van der Waals surface area contributed by atoms with Gasteiger partial charge in [0, 0.05) is 12.3 Å². The number of hydrogen-bond acceptors (Lipinski definition) is 4. The van der Waals surface area contributed by atoms with Crippen molar-refractivity contribution in [2.45, 2.75) is 5.03 Å². The summed E-state index contributed by atoms with van der Waals surface area (Å²) in [6.07, 6.45) is 3.27. The third-order valence-corrected chi connectivity index (χ3v) is 2.43. The smallest absolute Gasteiger partial charge is 0.148 e. The summed E-state index contributed by atoms with van der Waals surface area (Å²) in [5, 5.41) is 1.34. The van der Waals surface area contributed by atoms with E-state index in [2.05, 4.69) is 14.9 Å². The zero-order valence-corrected chi connectivity index (χ0v) is 9.27. The normalized spacial score (nSPS) is 10.8. The maximum absolute atomic E-state index is 5.69. The van der Waals surface area contributed by atoms with E-state index in [9.17, 15) is 0 Å². The molecule has 1 aromatic rings. The Hall–Kier alpha value is -0.320. The number of thioether (sulfide) groups is 1. The monoisotopic (exact) mass is 217 g/mol. The summed E-state index contributed by atoms with van der Waals surface area (Å²) in [5.74, 6) is 1.00. The first-order chi connectivity index (χ1) is 6.18. The molecular weight excluding hydrogens is 206 g/mol. The van der Waals surface area contributed by atoms with Crippen molar-refractivity contribution >= 4 is 23.4 Å². The van der Waals surface area contributed by atoms with Crippen LogP contribution in [0.1, 0.15) is 0 Å². The fraction of sp³-hybridized carbons (Fsp3) is 0.500. The van der Waals surface area contributed by atoms with Gasteiger partial charge in [0.05, 0.1) is 12.4 Å². The number of aromatic nitrogens is 2. The summed E-state index contributed by atoms with van der Waals surface area (Å²) in [6.45, 7) is 1.03. The summed E-state index contributed by atoms with van der Waals surface area (Å²) >= 11 is 7.35. The highest BCUT2D eigenvalue weighted by Gasteiger charge is 1.97. The van der Waals surface area contributed by atoms with Gasteiger partial charge in [-0.25, -0.2) is 4.98 Å². The Morgan fingerprint density at radius 1 is 1.46 bits per heavy atom. The van der Waals surface area contributed by atoms with Gasteiger partial charge in [-0.3, -0.25) is 4.98 Å². The average molecular weight is 218 g/mol. The zero-order valence-electron chi connectivity index (χ0n) is 7.70. The molecule has 0 amide bonds. The fourth-order valence-corrected chi connectivity index (χ4v) is 1.89. The number of nitrogens with zero attached hydrogens (tertiary/aromatic N) is 3. The van der Waals surface area contributed by atoms with Crippen LogP contribution in [0, 0.1) is 0 Å². The van der Waals surface area contributed by atoms with Crippen LogP contribution in [-0.4, -0.2) is 41.3 Å². The third-order valence-electron chi connectivity index (χ3n) is 1.37. The van der Waals surface area contributed by atoms with Gasteiger partial charge in [0.25, 0.3) is 0 Å². The van der Waals surface area contributed by atoms with Crippen LogP contribution in [0.15, 0.2) is 17.4 Å². The fourth-order valence-electron chi connectivity index (χ4n) is 0.728. The van der Waals surface area contributed by atoms with E-state index in [1.54, 1.807) is 18.0 Å². The molecule has 0 bridgehead atoms. The SMILES string of the molecule is CN(C)CCSc1cncc(Cl)n1. The van der Waals surface area contributed by atoms with Gasteiger partial charge in [-0.15, -0.1) is 11.8 Å². The lowest BCUT2D eigenvalue weighted by Crippen LogP contribution is -2.14. The molecule has 0 saturated heterocycles. The van der Waals surface area contributed by atoms with Crippen LogP contribution in [0.25, 0.3) is 0 Å². The Morgan fingerprint density at radius 3 is 2.85 bits per heavy atom. The van der Waals surface area contributed by atoms with Crippen molar-refractivity contribution in [1.29, 1.82) is 0 Å². The minimum Gasteiger partial charge on any atom is -0.309 e. The minimum absolute atomic E-state index is 0.454. The maximum Gasteiger partial charge on any atom is 0.148 e. The number of halogens is 1. The molecule has 0 aliphatic carbocycles. The van der Waals surface area contributed by atoms with Crippen LogP contribution in [0.4, 0.5) is 0 Å². The highest BCUT2D eigenvalue weighted by Crippen LogP contribution is 2.15. The van der Waals surface area contributed by atoms with Crippen molar-refractivity contribution in [1.82, 2.24) is 14.9 Å². The summed E-state index contributed by atoms with van der Waals surface area (Å²) in [4.78, 5) is 10.2. The Bertz CT molecular complexity index is 267. The van der Waals surface area contributed by atoms with Crippen molar-refractivity contribution in [3.8, 4) is 0 Å². The Kier molecular flexibility index (Phi) is 4.48. The van der Waals surface area contributed by atoms with Crippen molar-refractivity contribution in [3.05, 3.63) is 17.5 Å². The van der Waals surface area contributed by atoms with Gasteiger partial charge in [-0.2, -0.15) is 0 Å². The van der Waals surface area contributed by atoms with E-state index >= 15 is 0 Å². The quantitative estimate of drug-likeness (QED) is 0.720. The summed E-state index contributed by atoms with van der Waals surface area (Å²) in [5.41, 5.74) is 0. The molecule has 1 aromatic heterocycles. The van der Waals surface area contributed by atoms with Crippen LogP contribution in [0.2, 0.25) is 5.15 Å². The van der Waals surface area contributed by atoms with Crippen LogP contribution in [0.5, 0.6) is 0 Å². The topological polar surface area (TPSA) is 29.0 Å². The van der Waals surface area contributed by atoms with Crippen LogP contribution < -0.4 is 0 Å². The molecule has 0 N–H and O–H groups in total. The molecule has 0 radical (unpaired) electrons. The largest absolute Gasteiger partial charge is 0.309 e. The van der Waals surface area contributed by atoms with Crippen molar-refractivity contribution < 1.29 is 0 Å². The lowest BCUT2D eigenvalue weighted by molar-refractivity contribution is 0.437. The second-order valence-electron chi connectivity index (χ2n) is 2.83. The molecule has 0 atom stereocenters. The van der Waals surface area contributed by atoms with Gasteiger partial charge < -0.3 is 4.90 Å². The summed E-state index contributed by atoms with van der Waals surface area (Å²) in [6, 6.07) is 0. The first-order valence-corrected chi connectivity index (χ1v) is 5.30. The molecule has 5 heteroatoms. The van der Waals surface area contributed by atoms with E-state index in [0.717, 1.165) is 17.3 Å². The van der Waals surface area contributed by atoms with E-state index in [1.165, 1.54) is 6.20 Å². The Labute approximate surface area is 87.5 Å². The van der Waals surface area contributed by atoms with Crippen LogP contribution in [-0.2, 0) is 0 Å². The highest BCUT2D eigenvalue weighted by molar-refractivity contribution is 7.99. The second-order valence-corrected chi connectivity index (χ2v) is 4.33. The maximum atomic E-state index is 5.69. The lowest BCUT2D eigenvalue weighted by Gasteiger charge is -2.07. The van der Waals surface area contributed by atoms with E-state index in [1.807, 2.05) is 14.1 Å². The summed E-state index contributed by atoms with van der Waals surface area (Å²) in [7, 11) is 4.09. The van der Waals surface area contributed by atoms with Crippen LogP contribution in [0.3, 0.4) is 0 Å². The molecule has 13 heavy (non-hydrogen) atoms. The lowest BCUT2D eigenvalue weighted by atomic mass is 10.7. The molecule has 0 aliphatic rings. The predicted molar refractivity (Wildman–Crippen MR) is 56.3 cm³/mol. The van der Waals surface area contributed by atoms with E-state index in [4.69, 9.17) is 11.6 Å². The molecule has 0 unspecified atom stereocenters. The third kappa shape index (κ3) is 4.45. The number of hydrogen-bond donors (Lipinski definition) is 0. The van der Waals surface area contributed by atoms with E-state index < -0.39 is 0 Å². The average Bonchev–Trinajstić information content (AvgIpc) is 2.03. The molecule has 0 aliphatic heterocycles. The Morgan fingerprint density at radius 2 is 2.23 bits per heavy atom. The molecule has 72 valence electrons. The molecule has 0 saturated carbocycles. The van der Waals surface area contributed by atoms with Crippen molar-refractivity contribution in [2.75, 3.05) is 26.4 Å². The zero-order chi connectivity index (χ0) is 9.68.